The highest BCUT2D eigenvalue weighted by Crippen LogP contribution is 2.11. The van der Waals surface area contributed by atoms with Crippen molar-refractivity contribution in [3.63, 3.8) is 0 Å². The molecule has 0 aliphatic carbocycles. The van der Waals surface area contributed by atoms with E-state index in [-0.39, 0.29) is 0 Å². The lowest BCUT2D eigenvalue weighted by molar-refractivity contribution is 0.583. The lowest BCUT2D eigenvalue weighted by Gasteiger charge is -1.93. The van der Waals surface area contributed by atoms with E-state index in [9.17, 15) is 0 Å². The van der Waals surface area contributed by atoms with Crippen molar-refractivity contribution < 1.29 is 0 Å². The maximum atomic E-state index is 4.35. The standard InChI is InChI=1S/C16H14N4/c1-3-8-14(9-4-1)10-7-13-20-18-16(17-19-20)15-11-5-2-6-12-15/h1-12H,13H2. The van der Waals surface area contributed by atoms with Crippen LogP contribution >= 0.6 is 0 Å². The minimum absolute atomic E-state index is 0.606. The van der Waals surface area contributed by atoms with E-state index >= 15 is 0 Å². The predicted octanol–water partition coefficient (Wildman–Crippen LogP) is 3.05. The summed E-state index contributed by atoms with van der Waals surface area (Å²) in [5.74, 6) is 0.652. The van der Waals surface area contributed by atoms with Crippen molar-refractivity contribution in [1.29, 1.82) is 0 Å². The van der Waals surface area contributed by atoms with Gasteiger partial charge < -0.3 is 0 Å². The average molecular weight is 262 g/mol. The fraction of sp³-hybridized carbons (Fsp3) is 0.0625. The normalized spacial score (nSPS) is 11.0. The lowest BCUT2D eigenvalue weighted by atomic mass is 10.2. The van der Waals surface area contributed by atoms with Crippen LogP contribution in [0.3, 0.4) is 0 Å². The third-order valence-electron chi connectivity index (χ3n) is 2.86. The Morgan fingerprint density at radius 2 is 1.60 bits per heavy atom. The van der Waals surface area contributed by atoms with Gasteiger partial charge in [-0.3, -0.25) is 0 Å². The van der Waals surface area contributed by atoms with E-state index in [0.717, 1.165) is 11.1 Å². The van der Waals surface area contributed by atoms with Gasteiger partial charge in [0.1, 0.15) is 0 Å². The topological polar surface area (TPSA) is 43.6 Å². The lowest BCUT2D eigenvalue weighted by Crippen LogP contribution is -1.99. The molecule has 3 rings (SSSR count). The van der Waals surface area contributed by atoms with E-state index in [1.807, 2.05) is 60.7 Å². The summed E-state index contributed by atoms with van der Waals surface area (Å²) in [4.78, 5) is 1.59. The molecule has 20 heavy (non-hydrogen) atoms. The molecule has 0 aliphatic rings. The third kappa shape index (κ3) is 2.98. The summed E-state index contributed by atoms with van der Waals surface area (Å²) in [6, 6.07) is 20.0. The molecule has 3 aromatic rings. The van der Waals surface area contributed by atoms with Crippen LogP contribution in [0.4, 0.5) is 0 Å². The van der Waals surface area contributed by atoms with Crippen molar-refractivity contribution >= 4 is 6.08 Å². The fourth-order valence-corrected chi connectivity index (χ4v) is 1.87. The number of allylic oxidation sites excluding steroid dienone is 1. The van der Waals surface area contributed by atoms with E-state index in [1.54, 1.807) is 4.80 Å². The van der Waals surface area contributed by atoms with Gasteiger partial charge in [0.15, 0.2) is 0 Å². The number of tetrazole rings is 1. The van der Waals surface area contributed by atoms with Crippen molar-refractivity contribution in [1.82, 2.24) is 20.2 Å². The first-order chi connectivity index (χ1) is 9.92. The van der Waals surface area contributed by atoms with Crippen molar-refractivity contribution in [2.24, 2.45) is 0 Å². The van der Waals surface area contributed by atoms with Crippen LogP contribution in [0, 0.1) is 0 Å². The maximum Gasteiger partial charge on any atom is 0.204 e. The maximum absolute atomic E-state index is 4.35. The zero-order chi connectivity index (χ0) is 13.6. The number of rotatable bonds is 4. The number of aromatic nitrogens is 4. The predicted molar refractivity (Wildman–Crippen MR) is 78.7 cm³/mol. The molecule has 0 N–H and O–H groups in total. The van der Waals surface area contributed by atoms with E-state index < -0.39 is 0 Å². The Balaban J connectivity index is 1.68. The molecule has 98 valence electrons. The summed E-state index contributed by atoms with van der Waals surface area (Å²) >= 11 is 0. The Kier molecular flexibility index (Phi) is 3.64. The highest BCUT2D eigenvalue weighted by molar-refractivity contribution is 5.53. The second-order valence-electron chi connectivity index (χ2n) is 4.35. The van der Waals surface area contributed by atoms with Crippen LogP contribution < -0.4 is 0 Å². The van der Waals surface area contributed by atoms with Crippen LogP contribution in [0.15, 0.2) is 66.7 Å². The molecule has 0 amide bonds. The van der Waals surface area contributed by atoms with Gasteiger partial charge in [-0.25, -0.2) is 0 Å². The molecule has 0 atom stereocenters. The molecule has 0 bridgehead atoms. The van der Waals surface area contributed by atoms with Crippen LogP contribution in [0.5, 0.6) is 0 Å². The van der Waals surface area contributed by atoms with Gasteiger partial charge in [0.2, 0.25) is 5.82 Å². The van der Waals surface area contributed by atoms with Crippen molar-refractivity contribution in [3.05, 3.63) is 72.3 Å². The molecular weight excluding hydrogens is 248 g/mol. The number of nitrogens with zero attached hydrogens (tertiary/aromatic N) is 4. The largest absolute Gasteiger partial charge is 0.204 e. The van der Waals surface area contributed by atoms with Crippen LogP contribution in [-0.2, 0) is 6.54 Å². The Bertz CT molecular complexity index is 687. The molecule has 0 aliphatic heterocycles. The summed E-state index contributed by atoms with van der Waals surface area (Å²) in [5.41, 5.74) is 2.14. The first kappa shape index (κ1) is 12.3. The summed E-state index contributed by atoms with van der Waals surface area (Å²) in [6.45, 7) is 0.606. The minimum Gasteiger partial charge on any atom is -0.160 e. The Hall–Kier alpha value is -2.75. The van der Waals surface area contributed by atoms with Crippen molar-refractivity contribution in [2.75, 3.05) is 0 Å². The third-order valence-corrected chi connectivity index (χ3v) is 2.86. The smallest absolute Gasteiger partial charge is 0.160 e. The molecule has 1 aromatic heterocycles. The van der Waals surface area contributed by atoms with Gasteiger partial charge in [0.05, 0.1) is 6.54 Å². The molecule has 1 heterocycles. The van der Waals surface area contributed by atoms with Crippen molar-refractivity contribution in [2.45, 2.75) is 6.54 Å². The van der Waals surface area contributed by atoms with E-state index in [2.05, 4.69) is 27.5 Å². The van der Waals surface area contributed by atoms with E-state index in [4.69, 9.17) is 0 Å². The molecule has 0 saturated heterocycles. The Labute approximate surface area is 117 Å². The van der Waals surface area contributed by atoms with Crippen LogP contribution in [0.25, 0.3) is 17.5 Å². The zero-order valence-electron chi connectivity index (χ0n) is 10.9. The molecule has 2 aromatic carbocycles. The summed E-state index contributed by atoms with van der Waals surface area (Å²) < 4.78 is 0. The quantitative estimate of drug-likeness (QED) is 0.725. The Morgan fingerprint density at radius 1 is 0.900 bits per heavy atom. The highest BCUT2D eigenvalue weighted by Gasteiger charge is 2.03. The van der Waals surface area contributed by atoms with Gasteiger partial charge in [-0.1, -0.05) is 72.8 Å². The fourth-order valence-electron chi connectivity index (χ4n) is 1.87. The van der Waals surface area contributed by atoms with Gasteiger partial charge in [-0.15, -0.1) is 10.2 Å². The van der Waals surface area contributed by atoms with Gasteiger partial charge in [0.25, 0.3) is 0 Å². The SMILES string of the molecule is C(=Cc1ccccc1)Cn1nnc(-c2ccccc2)n1. The average Bonchev–Trinajstić information content (AvgIpc) is 2.98. The number of benzene rings is 2. The minimum atomic E-state index is 0.606. The Morgan fingerprint density at radius 3 is 2.35 bits per heavy atom. The molecule has 4 nitrogen and oxygen atoms in total. The molecule has 0 spiro atoms. The first-order valence-corrected chi connectivity index (χ1v) is 6.47. The summed E-state index contributed by atoms with van der Waals surface area (Å²) in [7, 11) is 0. The van der Waals surface area contributed by atoms with Gasteiger partial charge in [-0.05, 0) is 10.8 Å². The molecule has 0 unspecified atom stereocenters. The van der Waals surface area contributed by atoms with Gasteiger partial charge >= 0.3 is 0 Å². The molecular formula is C16H14N4. The second-order valence-corrected chi connectivity index (χ2v) is 4.35. The molecule has 0 radical (unpaired) electrons. The number of hydrogen-bond acceptors (Lipinski definition) is 3. The van der Waals surface area contributed by atoms with E-state index in [1.165, 1.54) is 0 Å². The van der Waals surface area contributed by atoms with E-state index in [0.29, 0.717) is 12.4 Å². The number of hydrogen-bond donors (Lipinski definition) is 0. The first-order valence-electron chi connectivity index (χ1n) is 6.47. The molecule has 4 heteroatoms. The second kappa shape index (κ2) is 5.93. The molecule has 0 saturated carbocycles. The highest BCUT2D eigenvalue weighted by atomic mass is 15.6. The molecule has 0 fully saturated rings. The van der Waals surface area contributed by atoms with Crippen molar-refractivity contribution in [3.8, 4) is 11.4 Å². The van der Waals surface area contributed by atoms with Crippen LogP contribution in [-0.4, -0.2) is 20.2 Å². The van der Waals surface area contributed by atoms with Crippen LogP contribution in [0.2, 0.25) is 0 Å². The van der Waals surface area contributed by atoms with Crippen LogP contribution in [0.1, 0.15) is 5.56 Å². The summed E-state index contributed by atoms with van der Waals surface area (Å²) in [6.07, 6.45) is 4.07. The monoisotopic (exact) mass is 262 g/mol. The summed E-state index contributed by atoms with van der Waals surface area (Å²) in [5, 5.41) is 12.5. The van der Waals surface area contributed by atoms with Gasteiger partial charge in [-0.2, -0.15) is 4.80 Å². The van der Waals surface area contributed by atoms with Gasteiger partial charge in [0, 0.05) is 5.56 Å². The zero-order valence-corrected chi connectivity index (χ0v) is 10.9.